The van der Waals surface area contributed by atoms with E-state index in [2.05, 4.69) is 15.7 Å². The molecule has 2 aromatic rings. The second kappa shape index (κ2) is 8.57. The minimum absolute atomic E-state index is 0.0393. The Kier molecular flexibility index (Phi) is 6.18. The summed E-state index contributed by atoms with van der Waals surface area (Å²) in [7, 11) is 1.58. The van der Waals surface area contributed by atoms with Crippen molar-refractivity contribution in [3.05, 3.63) is 46.1 Å². The number of hydrogen-bond donors (Lipinski definition) is 2. The van der Waals surface area contributed by atoms with Gasteiger partial charge in [0.25, 0.3) is 5.91 Å². The molecule has 2 heterocycles. The van der Waals surface area contributed by atoms with E-state index in [9.17, 15) is 9.59 Å². The normalized spacial score (nSPS) is 12.7. The maximum Gasteiger partial charge on any atom is 0.256 e. The van der Waals surface area contributed by atoms with Gasteiger partial charge in [0.05, 0.1) is 12.3 Å². The molecule has 2 N–H and O–H groups in total. The minimum atomic E-state index is -0.262. The van der Waals surface area contributed by atoms with Crippen LogP contribution >= 0.6 is 23.4 Å². The van der Waals surface area contributed by atoms with Crippen molar-refractivity contribution in [3.63, 3.8) is 0 Å². The zero-order chi connectivity index (χ0) is 18.5. The van der Waals surface area contributed by atoms with Gasteiger partial charge in [-0.05, 0) is 24.3 Å². The predicted octanol–water partition coefficient (Wildman–Crippen LogP) is 2.30. The Morgan fingerprint density at radius 3 is 2.81 bits per heavy atom. The first-order valence-corrected chi connectivity index (χ1v) is 9.60. The monoisotopic (exact) mass is 394 g/mol. The molecule has 0 atom stereocenters. The van der Waals surface area contributed by atoms with Gasteiger partial charge in [-0.3, -0.25) is 9.59 Å². The van der Waals surface area contributed by atoms with Crippen LogP contribution in [0.4, 0.5) is 5.82 Å². The highest BCUT2D eigenvalue weighted by atomic mass is 35.5. The fourth-order valence-electron chi connectivity index (χ4n) is 2.59. The van der Waals surface area contributed by atoms with Crippen molar-refractivity contribution >= 4 is 41.0 Å². The molecule has 0 radical (unpaired) electrons. The number of amides is 2. The van der Waals surface area contributed by atoms with Gasteiger partial charge in [0.1, 0.15) is 12.4 Å². The maximum absolute atomic E-state index is 12.6. The lowest BCUT2D eigenvalue weighted by molar-refractivity contribution is -0.122. The molecule has 1 aliphatic rings. The van der Waals surface area contributed by atoms with E-state index in [4.69, 9.17) is 16.3 Å². The summed E-state index contributed by atoms with van der Waals surface area (Å²) in [5.74, 6) is 1.67. The van der Waals surface area contributed by atoms with Crippen LogP contribution < -0.4 is 10.6 Å². The SMILES string of the molecule is COCCNC(=O)Cn1nc2c(c1NC(=O)c1ccc(Cl)cc1)CSC2. The highest BCUT2D eigenvalue weighted by Crippen LogP contribution is 2.34. The Hall–Kier alpha value is -2.03. The van der Waals surface area contributed by atoms with Crippen LogP contribution in [0.3, 0.4) is 0 Å². The lowest BCUT2D eigenvalue weighted by Gasteiger charge is -2.11. The van der Waals surface area contributed by atoms with Crippen molar-refractivity contribution < 1.29 is 14.3 Å². The summed E-state index contributed by atoms with van der Waals surface area (Å²) in [6, 6.07) is 6.64. The van der Waals surface area contributed by atoms with Crippen LogP contribution in [0, 0.1) is 0 Å². The van der Waals surface area contributed by atoms with Crippen LogP contribution in [-0.4, -0.2) is 41.9 Å². The van der Waals surface area contributed by atoms with Gasteiger partial charge in [0.2, 0.25) is 5.91 Å². The fourth-order valence-corrected chi connectivity index (χ4v) is 3.75. The largest absolute Gasteiger partial charge is 0.383 e. The molecular formula is C17H19ClN4O3S. The van der Waals surface area contributed by atoms with Crippen molar-refractivity contribution in [3.8, 4) is 0 Å². The van der Waals surface area contributed by atoms with Crippen LogP contribution in [-0.2, 0) is 27.6 Å². The van der Waals surface area contributed by atoms with Crippen LogP contribution in [0.25, 0.3) is 0 Å². The minimum Gasteiger partial charge on any atom is -0.383 e. The lowest BCUT2D eigenvalue weighted by atomic mass is 10.2. The highest BCUT2D eigenvalue weighted by molar-refractivity contribution is 7.98. The van der Waals surface area contributed by atoms with Crippen LogP contribution in [0.2, 0.25) is 5.02 Å². The first-order chi connectivity index (χ1) is 12.6. The van der Waals surface area contributed by atoms with E-state index in [0.717, 1.165) is 22.8 Å². The summed E-state index contributed by atoms with van der Waals surface area (Å²) in [5, 5.41) is 10.7. The molecule has 7 nitrogen and oxygen atoms in total. The first kappa shape index (κ1) is 18.8. The topological polar surface area (TPSA) is 85.2 Å². The van der Waals surface area contributed by atoms with Gasteiger partial charge in [0, 0.05) is 41.3 Å². The summed E-state index contributed by atoms with van der Waals surface area (Å²) in [4.78, 5) is 24.7. The average molecular weight is 395 g/mol. The Bertz CT molecular complexity index is 807. The maximum atomic E-state index is 12.6. The van der Waals surface area contributed by atoms with E-state index in [1.807, 2.05) is 0 Å². The molecule has 26 heavy (non-hydrogen) atoms. The number of halogens is 1. The van der Waals surface area contributed by atoms with Crippen molar-refractivity contribution in [1.82, 2.24) is 15.1 Å². The number of thioether (sulfide) groups is 1. The summed E-state index contributed by atoms with van der Waals surface area (Å²) in [5.41, 5.74) is 2.37. The zero-order valence-corrected chi connectivity index (χ0v) is 15.8. The third kappa shape index (κ3) is 4.38. The average Bonchev–Trinajstić information content (AvgIpc) is 3.18. The van der Waals surface area contributed by atoms with E-state index in [1.165, 1.54) is 0 Å². The van der Waals surface area contributed by atoms with Gasteiger partial charge in [-0.1, -0.05) is 11.6 Å². The zero-order valence-electron chi connectivity index (χ0n) is 14.3. The Morgan fingerprint density at radius 1 is 1.31 bits per heavy atom. The van der Waals surface area contributed by atoms with E-state index in [-0.39, 0.29) is 18.4 Å². The number of rotatable bonds is 7. The third-order valence-corrected chi connectivity index (χ3v) is 5.10. The van der Waals surface area contributed by atoms with Gasteiger partial charge in [-0.2, -0.15) is 16.9 Å². The number of benzene rings is 1. The first-order valence-electron chi connectivity index (χ1n) is 8.07. The lowest BCUT2D eigenvalue weighted by Crippen LogP contribution is -2.31. The van der Waals surface area contributed by atoms with Gasteiger partial charge >= 0.3 is 0 Å². The van der Waals surface area contributed by atoms with Crippen molar-refractivity contribution in [2.45, 2.75) is 18.1 Å². The number of aromatic nitrogens is 2. The molecule has 0 aliphatic carbocycles. The van der Waals surface area contributed by atoms with E-state index >= 15 is 0 Å². The molecule has 1 aromatic carbocycles. The van der Waals surface area contributed by atoms with Gasteiger partial charge in [-0.15, -0.1) is 0 Å². The molecule has 0 spiro atoms. The van der Waals surface area contributed by atoms with E-state index < -0.39 is 0 Å². The second-order valence-corrected chi connectivity index (χ2v) is 7.15. The summed E-state index contributed by atoms with van der Waals surface area (Å²) >= 11 is 7.60. The number of ether oxygens (including phenoxy) is 1. The second-order valence-electron chi connectivity index (χ2n) is 5.73. The molecule has 3 rings (SSSR count). The summed E-state index contributed by atoms with van der Waals surface area (Å²) in [6.45, 7) is 0.911. The fraction of sp³-hybridized carbons (Fsp3) is 0.353. The number of hydrogen-bond acceptors (Lipinski definition) is 5. The molecule has 0 bridgehead atoms. The van der Waals surface area contributed by atoms with Crippen molar-refractivity contribution in [2.75, 3.05) is 25.6 Å². The number of anilines is 1. The molecule has 1 aliphatic heterocycles. The highest BCUT2D eigenvalue weighted by Gasteiger charge is 2.25. The smallest absolute Gasteiger partial charge is 0.256 e. The summed E-state index contributed by atoms with van der Waals surface area (Å²) in [6.07, 6.45) is 0. The molecule has 0 unspecified atom stereocenters. The Morgan fingerprint density at radius 2 is 2.08 bits per heavy atom. The third-order valence-electron chi connectivity index (χ3n) is 3.88. The molecule has 0 fully saturated rings. The van der Waals surface area contributed by atoms with Gasteiger partial charge < -0.3 is 15.4 Å². The predicted molar refractivity (Wildman–Crippen MR) is 102 cm³/mol. The standard InChI is InChI=1S/C17H19ClN4O3S/c1-25-7-6-19-15(23)8-22-16(13-9-26-10-14(13)21-22)20-17(24)11-2-4-12(18)5-3-11/h2-5H,6-10H2,1H3,(H,19,23)(H,20,24). The Labute approximate surface area is 160 Å². The number of carbonyl (C=O) groups excluding carboxylic acids is 2. The number of nitrogens with zero attached hydrogens (tertiary/aromatic N) is 2. The molecule has 0 saturated carbocycles. The van der Waals surface area contributed by atoms with Crippen molar-refractivity contribution in [1.29, 1.82) is 0 Å². The molecular weight excluding hydrogens is 376 g/mol. The van der Waals surface area contributed by atoms with Crippen LogP contribution in [0.5, 0.6) is 0 Å². The molecule has 9 heteroatoms. The van der Waals surface area contributed by atoms with Crippen molar-refractivity contribution in [2.24, 2.45) is 0 Å². The van der Waals surface area contributed by atoms with E-state index in [1.54, 1.807) is 47.8 Å². The number of fused-ring (bicyclic) bond motifs is 1. The van der Waals surface area contributed by atoms with E-state index in [0.29, 0.717) is 29.6 Å². The Balaban J connectivity index is 1.76. The number of methoxy groups -OCH3 is 1. The van der Waals surface area contributed by atoms with Gasteiger partial charge in [-0.25, -0.2) is 4.68 Å². The summed E-state index contributed by atoms with van der Waals surface area (Å²) < 4.78 is 6.48. The molecule has 0 saturated heterocycles. The molecule has 1 aromatic heterocycles. The number of nitrogens with one attached hydrogen (secondary N) is 2. The van der Waals surface area contributed by atoms with Crippen LogP contribution in [0.15, 0.2) is 24.3 Å². The molecule has 2 amide bonds. The van der Waals surface area contributed by atoms with Gasteiger partial charge in [0.15, 0.2) is 0 Å². The van der Waals surface area contributed by atoms with Crippen LogP contribution in [0.1, 0.15) is 21.6 Å². The quantitative estimate of drug-likeness (QED) is 0.704. The number of carbonyl (C=O) groups is 2. The molecule has 138 valence electrons.